The highest BCUT2D eigenvalue weighted by molar-refractivity contribution is 5.77. The topological polar surface area (TPSA) is 55.1 Å². The maximum absolute atomic E-state index is 12.5. The van der Waals surface area contributed by atoms with E-state index in [-0.39, 0.29) is 11.3 Å². The fourth-order valence-corrected chi connectivity index (χ4v) is 2.15. The predicted molar refractivity (Wildman–Crippen MR) is 73.7 cm³/mol. The number of hydrogen-bond acceptors (Lipinski definition) is 3. The van der Waals surface area contributed by atoms with Gasteiger partial charge in [-0.15, -0.1) is 0 Å². The van der Waals surface area contributed by atoms with Gasteiger partial charge in [-0.2, -0.15) is 0 Å². The predicted octanol–water partition coefficient (Wildman–Crippen LogP) is 2.40. The molecule has 1 heterocycles. The van der Waals surface area contributed by atoms with Crippen molar-refractivity contribution in [3.05, 3.63) is 64.7 Å². The molecule has 94 valence electrons. The lowest BCUT2D eigenvalue weighted by molar-refractivity contribution is 0.475. The summed E-state index contributed by atoms with van der Waals surface area (Å²) in [5.41, 5.74) is 1.28. The molecule has 0 bridgehead atoms. The van der Waals surface area contributed by atoms with Gasteiger partial charge in [0, 0.05) is 0 Å². The molecule has 0 unspecified atom stereocenters. The van der Waals surface area contributed by atoms with Crippen LogP contribution in [0.1, 0.15) is 5.82 Å². The Hall–Kier alpha value is -2.62. The second-order valence-electron chi connectivity index (χ2n) is 4.33. The highest BCUT2D eigenvalue weighted by atomic mass is 16.3. The van der Waals surface area contributed by atoms with Gasteiger partial charge in [0.25, 0.3) is 5.56 Å². The third-order valence-electron chi connectivity index (χ3n) is 3.05. The van der Waals surface area contributed by atoms with Gasteiger partial charge in [-0.05, 0) is 43.3 Å². The second kappa shape index (κ2) is 4.24. The van der Waals surface area contributed by atoms with Crippen LogP contribution in [-0.2, 0) is 0 Å². The molecule has 0 fully saturated rings. The lowest BCUT2D eigenvalue weighted by Crippen LogP contribution is -2.22. The van der Waals surface area contributed by atoms with Gasteiger partial charge >= 0.3 is 0 Å². The molecule has 0 aliphatic heterocycles. The normalized spacial score (nSPS) is 10.8. The zero-order valence-electron chi connectivity index (χ0n) is 10.4. The number of benzene rings is 2. The fraction of sp³-hybridized carbons (Fsp3) is 0.0667. The van der Waals surface area contributed by atoms with Crippen LogP contribution < -0.4 is 5.56 Å². The smallest absolute Gasteiger partial charge is 0.265 e. The minimum absolute atomic E-state index is 0.103. The van der Waals surface area contributed by atoms with Crippen LogP contribution in [-0.4, -0.2) is 14.7 Å². The number of rotatable bonds is 1. The van der Waals surface area contributed by atoms with Gasteiger partial charge in [0.2, 0.25) is 0 Å². The molecule has 19 heavy (non-hydrogen) atoms. The van der Waals surface area contributed by atoms with E-state index in [0.717, 1.165) is 0 Å². The average molecular weight is 252 g/mol. The molecular weight excluding hydrogens is 240 g/mol. The number of hydrogen-bond donors (Lipinski definition) is 1. The molecule has 0 atom stereocenters. The van der Waals surface area contributed by atoms with E-state index < -0.39 is 0 Å². The van der Waals surface area contributed by atoms with Crippen LogP contribution >= 0.6 is 0 Å². The Morgan fingerprint density at radius 2 is 1.74 bits per heavy atom. The van der Waals surface area contributed by atoms with Crippen molar-refractivity contribution in [3.8, 4) is 11.4 Å². The van der Waals surface area contributed by atoms with E-state index in [0.29, 0.717) is 22.4 Å². The van der Waals surface area contributed by atoms with Gasteiger partial charge < -0.3 is 5.11 Å². The third kappa shape index (κ3) is 1.87. The molecule has 1 N–H and O–H groups in total. The van der Waals surface area contributed by atoms with Gasteiger partial charge in [0.05, 0.1) is 16.6 Å². The van der Waals surface area contributed by atoms with Gasteiger partial charge in [-0.1, -0.05) is 12.1 Å². The number of fused-ring (bicyclic) bond motifs is 1. The van der Waals surface area contributed by atoms with Crippen molar-refractivity contribution < 1.29 is 5.11 Å². The first-order valence-corrected chi connectivity index (χ1v) is 5.94. The highest BCUT2D eigenvalue weighted by Crippen LogP contribution is 2.15. The van der Waals surface area contributed by atoms with Crippen molar-refractivity contribution in [1.29, 1.82) is 0 Å². The number of aromatic hydroxyl groups is 1. The van der Waals surface area contributed by atoms with Crippen molar-refractivity contribution >= 4 is 10.9 Å². The molecule has 0 saturated heterocycles. The molecule has 2 aromatic carbocycles. The van der Waals surface area contributed by atoms with Gasteiger partial charge in [-0.3, -0.25) is 9.36 Å². The van der Waals surface area contributed by atoms with Crippen LogP contribution in [0.25, 0.3) is 16.6 Å². The first-order valence-electron chi connectivity index (χ1n) is 5.94. The van der Waals surface area contributed by atoms with Gasteiger partial charge in [-0.25, -0.2) is 4.98 Å². The lowest BCUT2D eigenvalue weighted by Gasteiger charge is -2.10. The summed E-state index contributed by atoms with van der Waals surface area (Å²) in [6, 6.07) is 13.8. The molecule has 0 aliphatic rings. The molecular formula is C15H12N2O2. The number of aryl methyl sites for hydroxylation is 1. The van der Waals surface area contributed by atoms with Crippen LogP contribution in [0.5, 0.6) is 5.75 Å². The summed E-state index contributed by atoms with van der Waals surface area (Å²) < 4.78 is 1.54. The van der Waals surface area contributed by atoms with Crippen LogP contribution in [0.15, 0.2) is 53.3 Å². The van der Waals surface area contributed by atoms with E-state index in [9.17, 15) is 9.90 Å². The quantitative estimate of drug-likeness (QED) is 0.723. The molecule has 0 saturated carbocycles. The van der Waals surface area contributed by atoms with E-state index in [4.69, 9.17) is 0 Å². The van der Waals surface area contributed by atoms with Crippen molar-refractivity contribution in [2.24, 2.45) is 0 Å². The van der Waals surface area contributed by atoms with Crippen molar-refractivity contribution in [2.75, 3.05) is 0 Å². The molecule has 0 amide bonds. The zero-order chi connectivity index (χ0) is 13.4. The first kappa shape index (κ1) is 11.5. The number of phenolic OH excluding ortho intramolecular Hbond substituents is 1. The first-order chi connectivity index (χ1) is 9.16. The Bertz CT molecular complexity index is 804. The molecule has 0 spiro atoms. The van der Waals surface area contributed by atoms with E-state index in [2.05, 4.69) is 4.98 Å². The van der Waals surface area contributed by atoms with Crippen molar-refractivity contribution in [2.45, 2.75) is 6.92 Å². The SMILES string of the molecule is Cc1nc2ccccc2c(=O)n1-c1ccc(O)cc1. The Morgan fingerprint density at radius 3 is 2.47 bits per heavy atom. The Kier molecular flexibility index (Phi) is 2.56. The van der Waals surface area contributed by atoms with Crippen LogP contribution in [0.3, 0.4) is 0 Å². The van der Waals surface area contributed by atoms with Gasteiger partial charge in [0.15, 0.2) is 0 Å². The van der Waals surface area contributed by atoms with E-state index in [1.54, 1.807) is 41.8 Å². The van der Waals surface area contributed by atoms with Crippen molar-refractivity contribution in [3.63, 3.8) is 0 Å². The summed E-state index contributed by atoms with van der Waals surface area (Å²) in [5.74, 6) is 0.789. The molecule has 4 heteroatoms. The Morgan fingerprint density at radius 1 is 1.05 bits per heavy atom. The molecule has 0 aliphatic carbocycles. The molecule has 3 aromatic rings. The summed E-state index contributed by atoms with van der Waals surface area (Å²) in [5, 5.41) is 9.90. The minimum atomic E-state index is -0.103. The number of para-hydroxylation sites is 1. The summed E-state index contributed by atoms with van der Waals surface area (Å²) in [6.45, 7) is 1.79. The largest absolute Gasteiger partial charge is 0.508 e. The lowest BCUT2D eigenvalue weighted by atomic mass is 10.2. The van der Waals surface area contributed by atoms with Crippen molar-refractivity contribution in [1.82, 2.24) is 9.55 Å². The molecule has 1 aromatic heterocycles. The minimum Gasteiger partial charge on any atom is -0.508 e. The van der Waals surface area contributed by atoms with Crippen LogP contribution in [0, 0.1) is 6.92 Å². The maximum Gasteiger partial charge on any atom is 0.265 e. The van der Waals surface area contributed by atoms with E-state index in [1.165, 1.54) is 0 Å². The summed E-state index contributed by atoms with van der Waals surface area (Å²) >= 11 is 0. The monoisotopic (exact) mass is 252 g/mol. The zero-order valence-corrected chi connectivity index (χ0v) is 10.4. The highest BCUT2D eigenvalue weighted by Gasteiger charge is 2.09. The van der Waals surface area contributed by atoms with Crippen LogP contribution in [0.4, 0.5) is 0 Å². The number of aromatic nitrogens is 2. The molecule has 4 nitrogen and oxygen atoms in total. The molecule has 0 radical (unpaired) electrons. The fourth-order valence-electron chi connectivity index (χ4n) is 2.15. The average Bonchev–Trinajstić information content (AvgIpc) is 2.41. The summed E-state index contributed by atoms with van der Waals surface area (Å²) in [6.07, 6.45) is 0. The number of nitrogens with zero attached hydrogens (tertiary/aromatic N) is 2. The Balaban J connectivity index is 2.35. The van der Waals surface area contributed by atoms with E-state index >= 15 is 0 Å². The third-order valence-corrected chi connectivity index (χ3v) is 3.05. The van der Waals surface area contributed by atoms with Gasteiger partial charge in [0.1, 0.15) is 11.6 Å². The molecule has 3 rings (SSSR count). The van der Waals surface area contributed by atoms with E-state index in [1.807, 2.05) is 18.2 Å². The summed E-state index contributed by atoms with van der Waals surface area (Å²) in [7, 11) is 0. The Labute approximate surface area is 109 Å². The summed E-state index contributed by atoms with van der Waals surface area (Å²) in [4.78, 5) is 16.9. The number of phenols is 1. The second-order valence-corrected chi connectivity index (χ2v) is 4.33. The standard InChI is InChI=1S/C15H12N2O2/c1-10-16-14-5-3-2-4-13(14)15(19)17(10)11-6-8-12(18)9-7-11/h2-9,18H,1H3. The maximum atomic E-state index is 12.5. The van der Waals surface area contributed by atoms with Crippen LogP contribution in [0.2, 0.25) is 0 Å².